The molecule has 0 unspecified atom stereocenters. The van der Waals surface area contributed by atoms with Crippen LogP contribution in [0.5, 0.6) is 0 Å². The maximum Gasteiger partial charge on any atom is 0.0474 e. The molecular formula is C11H19. The highest BCUT2D eigenvalue weighted by molar-refractivity contribution is 5.20. The predicted octanol–water partition coefficient (Wildman–Crippen LogP) is 3.43. The molecule has 0 aromatic carbocycles. The third-order valence-corrected chi connectivity index (χ3v) is 1.81. The smallest absolute Gasteiger partial charge is 0.0474 e. The van der Waals surface area contributed by atoms with Crippen LogP contribution in [-0.2, 0) is 0 Å². The molecule has 0 saturated heterocycles. The van der Waals surface area contributed by atoms with Crippen molar-refractivity contribution < 1.29 is 0 Å². The molecule has 0 N–H and O–H groups in total. The summed E-state index contributed by atoms with van der Waals surface area (Å²) in [6.07, 6.45) is 3.54. The first-order valence-electron chi connectivity index (χ1n) is 4.50. The largest absolute Gasteiger partial charge is 0.103 e. The highest BCUT2D eigenvalue weighted by Crippen LogP contribution is 2.09. The number of hydrogen-bond donors (Lipinski definition) is 0. The molecular weight excluding hydrogens is 132 g/mol. The van der Waals surface area contributed by atoms with Crippen LogP contribution in [0.2, 0.25) is 0 Å². The van der Waals surface area contributed by atoms with Crippen LogP contribution in [0, 0.1) is 23.7 Å². The molecule has 0 aliphatic carbocycles. The summed E-state index contributed by atoms with van der Waals surface area (Å²) in [7, 11) is 0. The van der Waals surface area contributed by atoms with E-state index in [-0.39, 0.29) is 0 Å². The van der Waals surface area contributed by atoms with Gasteiger partial charge >= 0.3 is 0 Å². The average Bonchev–Trinajstić information content (AvgIpc) is 1.97. The van der Waals surface area contributed by atoms with Crippen molar-refractivity contribution >= 4 is 0 Å². The molecule has 0 aromatic heterocycles. The molecule has 0 fully saturated rings. The van der Waals surface area contributed by atoms with E-state index in [0.717, 1.165) is 6.42 Å². The summed E-state index contributed by atoms with van der Waals surface area (Å²) in [4.78, 5) is 0. The van der Waals surface area contributed by atoms with Crippen molar-refractivity contribution in [3.63, 3.8) is 0 Å². The Balaban J connectivity index is 3.51. The Morgan fingerprint density at radius 2 is 2.00 bits per heavy atom. The van der Waals surface area contributed by atoms with Crippen LogP contribution in [0.1, 0.15) is 47.0 Å². The average molecular weight is 151 g/mol. The third-order valence-electron chi connectivity index (χ3n) is 1.81. The minimum atomic E-state index is 0.615. The van der Waals surface area contributed by atoms with Gasteiger partial charge in [-0.2, -0.15) is 0 Å². The second kappa shape index (κ2) is 6.28. The lowest BCUT2D eigenvalue weighted by Crippen LogP contribution is -1.96. The van der Waals surface area contributed by atoms with E-state index in [1.807, 2.05) is 0 Å². The SMILES string of the molecule is CCCCC#C[C](C)C(C)C. The van der Waals surface area contributed by atoms with Crippen molar-refractivity contribution in [2.75, 3.05) is 0 Å². The maximum atomic E-state index is 3.18. The van der Waals surface area contributed by atoms with Crippen LogP contribution in [0.4, 0.5) is 0 Å². The van der Waals surface area contributed by atoms with E-state index < -0.39 is 0 Å². The van der Waals surface area contributed by atoms with Crippen LogP contribution >= 0.6 is 0 Å². The van der Waals surface area contributed by atoms with Crippen LogP contribution in [-0.4, -0.2) is 0 Å². The van der Waals surface area contributed by atoms with Crippen LogP contribution in [0.25, 0.3) is 0 Å². The molecule has 1 radical (unpaired) electrons. The highest BCUT2D eigenvalue weighted by Gasteiger charge is 2.01. The molecule has 0 atom stereocenters. The lowest BCUT2D eigenvalue weighted by atomic mass is 9.99. The highest BCUT2D eigenvalue weighted by atomic mass is 14.0. The normalized spacial score (nSPS) is 10.0. The van der Waals surface area contributed by atoms with Gasteiger partial charge in [0, 0.05) is 12.3 Å². The molecule has 0 nitrogen and oxygen atoms in total. The Labute approximate surface area is 71.4 Å². The number of hydrogen-bond acceptors (Lipinski definition) is 0. The molecule has 0 amide bonds. The number of rotatable bonds is 3. The summed E-state index contributed by atoms with van der Waals surface area (Å²) in [5, 5.41) is 0. The quantitative estimate of drug-likeness (QED) is 0.428. The second-order valence-electron chi connectivity index (χ2n) is 3.24. The predicted molar refractivity (Wildman–Crippen MR) is 51.1 cm³/mol. The molecule has 11 heavy (non-hydrogen) atoms. The van der Waals surface area contributed by atoms with Crippen molar-refractivity contribution in [3.05, 3.63) is 5.92 Å². The first-order chi connectivity index (χ1) is 5.18. The Hall–Kier alpha value is -0.440. The summed E-state index contributed by atoms with van der Waals surface area (Å²) >= 11 is 0. The van der Waals surface area contributed by atoms with E-state index in [1.54, 1.807) is 0 Å². The van der Waals surface area contributed by atoms with Crippen LogP contribution < -0.4 is 0 Å². The van der Waals surface area contributed by atoms with Crippen molar-refractivity contribution in [1.82, 2.24) is 0 Å². The van der Waals surface area contributed by atoms with E-state index in [4.69, 9.17) is 0 Å². The summed E-state index contributed by atoms with van der Waals surface area (Å²) < 4.78 is 0. The Morgan fingerprint density at radius 3 is 2.45 bits per heavy atom. The van der Waals surface area contributed by atoms with E-state index in [0.29, 0.717) is 5.92 Å². The van der Waals surface area contributed by atoms with Crippen LogP contribution in [0.15, 0.2) is 0 Å². The van der Waals surface area contributed by atoms with Gasteiger partial charge in [0.05, 0.1) is 0 Å². The molecule has 0 aliphatic rings. The van der Waals surface area contributed by atoms with Gasteiger partial charge in [0.15, 0.2) is 0 Å². The summed E-state index contributed by atoms with van der Waals surface area (Å²) in [6, 6.07) is 0. The molecule has 63 valence electrons. The van der Waals surface area contributed by atoms with Gasteiger partial charge in [-0.15, -0.1) is 5.92 Å². The van der Waals surface area contributed by atoms with E-state index >= 15 is 0 Å². The van der Waals surface area contributed by atoms with Gasteiger partial charge in [0.1, 0.15) is 0 Å². The molecule has 0 aliphatic heterocycles. The Morgan fingerprint density at radius 1 is 1.36 bits per heavy atom. The minimum Gasteiger partial charge on any atom is -0.103 e. The minimum absolute atomic E-state index is 0.615. The van der Waals surface area contributed by atoms with Crippen molar-refractivity contribution in [3.8, 4) is 11.8 Å². The molecule has 0 heteroatoms. The van der Waals surface area contributed by atoms with E-state index in [9.17, 15) is 0 Å². The first-order valence-corrected chi connectivity index (χ1v) is 4.50. The van der Waals surface area contributed by atoms with Crippen molar-refractivity contribution in [2.24, 2.45) is 5.92 Å². The zero-order valence-electron chi connectivity index (χ0n) is 8.20. The van der Waals surface area contributed by atoms with Crippen LogP contribution in [0.3, 0.4) is 0 Å². The monoisotopic (exact) mass is 151 g/mol. The third kappa shape index (κ3) is 5.98. The zero-order chi connectivity index (χ0) is 8.69. The lowest BCUT2D eigenvalue weighted by Gasteiger charge is -2.04. The van der Waals surface area contributed by atoms with Gasteiger partial charge in [-0.3, -0.25) is 0 Å². The summed E-state index contributed by atoms with van der Waals surface area (Å²) in [6.45, 7) is 8.68. The fourth-order valence-corrected chi connectivity index (χ4v) is 0.611. The fourth-order valence-electron chi connectivity index (χ4n) is 0.611. The van der Waals surface area contributed by atoms with Crippen molar-refractivity contribution in [2.45, 2.75) is 47.0 Å². The summed E-state index contributed by atoms with van der Waals surface area (Å²) in [5.41, 5.74) is 0. The first kappa shape index (κ1) is 10.6. The lowest BCUT2D eigenvalue weighted by molar-refractivity contribution is 0.710. The standard InChI is InChI=1S/C11H19/c1-5-6-7-8-9-11(4)10(2)3/h10H,5-7H2,1-4H3. The molecule has 0 bridgehead atoms. The van der Waals surface area contributed by atoms with E-state index in [2.05, 4.69) is 39.5 Å². The fraction of sp³-hybridized carbons (Fsp3) is 0.727. The van der Waals surface area contributed by atoms with Gasteiger partial charge in [-0.05, 0) is 19.3 Å². The molecule has 0 saturated carbocycles. The molecule has 0 rings (SSSR count). The maximum absolute atomic E-state index is 3.18. The molecule has 0 heterocycles. The Kier molecular flexibility index (Phi) is 6.03. The van der Waals surface area contributed by atoms with E-state index in [1.165, 1.54) is 18.8 Å². The topological polar surface area (TPSA) is 0 Å². The molecule has 0 spiro atoms. The van der Waals surface area contributed by atoms with Crippen molar-refractivity contribution in [1.29, 1.82) is 0 Å². The Bertz CT molecular complexity index is 134. The van der Waals surface area contributed by atoms with Gasteiger partial charge in [0.25, 0.3) is 0 Å². The molecule has 0 aromatic rings. The number of unbranched alkanes of at least 4 members (excludes halogenated alkanes) is 2. The zero-order valence-corrected chi connectivity index (χ0v) is 8.20. The summed E-state index contributed by atoms with van der Waals surface area (Å²) in [5.74, 6) is 8.29. The van der Waals surface area contributed by atoms with Gasteiger partial charge < -0.3 is 0 Å². The van der Waals surface area contributed by atoms with Gasteiger partial charge in [-0.25, -0.2) is 0 Å². The van der Waals surface area contributed by atoms with Gasteiger partial charge in [0.2, 0.25) is 0 Å². The second-order valence-corrected chi connectivity index (χ2v) is 3.24. The van der Waals surface area contributed by atoms with Gasteiger partial charge in [-0.1, -0.05) is 33.1 Å².